The highest BCUT2D eigenvalue weighted by molar-refractivity contribution is 5.81. The van der Waals surface area contributed by atoms with Crippen LogP contribution in [0.2, 0.25) is 0 Å². The summed E-state index contributed by atoms with van der Waals surface area (Å²) in [7, 11) is 1.50. The molecule has 2 unspecified atom stereocenters. The first kappa shape index (κ1) is 13.8. The first-order valence-corrected chi connectivity index (χ1v) is 7.25. The molecule has 2 fully saturated rings. The molecule has 4 nitrogen and oxygen atoms in total. The third kappa shape index (κ3) is 2.69. The molecule has 18 heavy (non-hydrogen) atoms. The van der Waals surface area contributed by atoms with E-state index in [2.05, 4.69) is 24.1 Å². The highest BCUT2D eigenvalue weighted by Gasteiger charge is 2.49. The van der Waals surface area contributed by atoms with E-state index in [0.717, 1.165) is 32.4 Å². The lowest BCUT2D eigenvalue weighted by molar-refractivity contribution is -0.148. The van der Waals surface area contributed by atoms with E-state index in [9.17, 15) is 4.79 Å². The molecular formula is C14H26N2O2. The topological polar surface area (TPSA) is 41.6 Å². The van der Waals surface area contributed by atoms with Crippen LogP contribution < -0.4 is 5.32 Å². The number of carbonyl (C=O) groups excluding carboxylic acids is 1. The van der Waals surface area contributed by atoms with Gasteiger partial charge in [0.05, 0.1) is 7.11 Å². The fourth-order valence-corrected chi connectivity index (χ4v) is 3.26. The van der Waals surface area contributed by atoms with Gasteiger partial charge in [-0.2, -0.15) is 0 Å². The number of ether oxygens (including phenoxy) is 1. The minimum absolute atomic E-state index is 0.0657. The third-order valence-corrected chi connectivity index (χ3v) is 4.45. The molecular weight excluding hydrogens is 228 g/mol. The summed E-state index contributed by atoms with van der Waals surface area (Å²) in [5.74, 6) is -0.0657. The van der Waals surface area contributed by atoms with Crippen LogP contribution in [0.4, 0.5) is 0 Å². The molecule has 0 amide bonds. The van der Waals surface area contributed by atoms with Gasteiger partial charge in [0.15, 0.2) is 0 Å². The van der Waals surface area contributed by atoms with Crippen molar-refractivity contribution in [2.24, 2.45) is 0 Å². The van der Waals surface area contributed by atoms with Crippen LogP contribution in [0.25, 0.3) is 0 Å². The van der Waals surface area contributed by atoms with E-state index >= 15 is 0 Å². The van der Waals surface area contributed by atoms with Crippen LogP contribution in [0, 0.1) is 0 Å². The molecule has 0 aliphatic heterocycles. The molecule has 0 bridgehead atoms. The van der Waals surface area contributed by atoms with Crippen LogP contribution in [0.15, 0.2) is 0 Å². The van der Waals surface area contributed by atoms with Crippen molar-refractivity contribution in [2.75, 3.05) is 20.2 Å². The predicted octanol–water partition coefficient (Wildman–Crippen LogP) is 1.54. The highest BCUT2D eigenvalue weighted by Crippen LogP contribution is 2.37. The van der Waals surface area contributed by atoms with Crippen molar-refractivity contribution in [3.05, 3.63) is 0 Å². The van der Waals surface area contributed by atoms with Crippen LogP contribution in [0.3, 0.4) is 0 Å². The van der Waals surface area contributed by atoms with Gasteiger partial charge in [0.1, 0.15) is 5.54 Å². The first-order valence-electron chi connectivity index (χ1n) is 7.25. The van der Waals surface area contributed by atoms with Crippen molar-refractivity contribution < 1.29 is 9.53 Å². The fraction of sp³-hybridized carbons (Fsp3) is 0.929. The van der Waals surface area contributed by atoms with Crippen LogP contribution in [0.5, 0.6) is 0 Å². The number of rotatable bonds is 6. The van der Waals surface area contributed by atoms with Crippen molar-refractivity contribution in [1.29, 1.82) is 0 Å². The van der Waals surface area contributed by atoms with Gasteiger partial charge in [0.25, 0.3) is 0 Å². The lowest BCUT2D eigenvalue weighted by atomic mass is 9.97. The van der Waals surface area contributed by atoms with Crippen molar-refractivity contribution >= 4 is 5.97 Å². The zero-order valence-corrected chi connectivity index (χ0v) is 11.9. The minimum Gasteiger partial charge on any atom is -0.468 e. The Morgan fingerprint density at radius 1 is 1.33 bits per heavy atom. The van der Waals surface area contributed by atoms with Gasteiger partial charge in [0.2, 0.25) is 0 Å². The number of nitrogens with zero attached hydrogens (tertiary/aromatic N) is 1. The maximum atomic E-state index is 12.1. The van der Waals surface area contributed by atoms with Crippen molar-refractivity contribution in [2.45, 2.75) is 63.6 Å². The second-order valence-electron chi connectivity index (χ2n) is 5.61. The van der Waals surface area contributed by atoms with Gasteiger partial charge >= 0.3 is 5.97 Å². The number of nitrogens with one attached hydrogen (secondary N) is 1. The van der Waals surface area contributed by atoms with Crippen molar-refractivity contribution in [1.82, 2.24) is 10.2 Å². The molecule has 2 saturated carbocycles. The Bertz CT molecular complexity index is 300. The molecule has 2 rings (SSSR count). The van der Waals surface area contributed by atoms with Crippen LogP contribution in [-0.4, -0.2) is 48.7 Å². The van der Waals surface area contributed by atoms with Gasteiger partial charge in [-0.25, -0.2) is 0 Å². The number of methoxy groups -OCH3 is 1. The summed E-state index contributed by atoms with van der Waals surface area (Å²) in [4.78, 5) is 14.6. The maximum absolute atomic E-state index is 12.1. The number of hydrogen-bond donors (Lipinski definition) is 1. The summed E-state index contributed by atoms with van der Waals surface area (Å²) in [5, 5.41) is 3.55. The molecule has 0 aromatic carbocycles. The van der Waals surface area contributed by atoms with Crippen molar-refractivity contribution in [3.8, 4) is 0 Å². The number of hydrogen-bond acceptors (Lipinski definition) is 4. The van der Waals surface area contributed by atoms with E-state index in [1.54, 1.807) is 0 Å². The van der Waals surface area contributed by atoms with E-state index in [1.165, 1.54) is 20.0 Å². The third-order valence-electron chi connectivity index (χ3n) is 4.45. The van der Waals surface area contributed by atoms with E-state index in [4.69, 9.17) is 4.74 Å². The van der Waals surface area contributed by atoms with Gasteiger partial charge in [-0.15, -0.1) is 0 Å². The second-order valence-corrected chi connectivity index (χ2v) is 5.61. The molecule has 0 aromatic heterocycles. The zero-order chi connectivity index (χ0) is 13.2. The second kappa shape index (κ2) is 5.57. The number of carbonyl (C=O) groups is 1. The average Bonchev–Trinajstić information content (AvgIpc) is 3.09. The van der Waals surface area contributed by atoms with E-state index in [0.29, 0.717) is 12.1 Å². The minimum atomic E-state index is -0.414. The fourth-order valence-electron chi connectivity index (χ4n) is 3.26. The quantitative estimate of drug-likeness (QED) is 0.730. The maximum Gasteiger partial charge on any atom is 0.326 e. The monoisotopic (exact) mass is 254 g/mol. The summed E-state index contributed by atoms with van der Waals surface area (Å²) in [6, 6.07) is 1.06. The Labute approximate surface area is 110 Å². The standard InChI is InChI=1S/C14H26N2O2/c1-4-16(5-2)12-8-9-14(10-12,13(17)18-3)15-11-6-7-11/h11-12,15H,4-10H2,1-3H3. The van der Waals surface area contributed by atoms with Crippen LogP contribution in [-0.2, 0) is 9.53 Å². The van der Waals surface area contributed by atoms with Crippen LogP contribution in [0.1, 0.15) is 46.0 Å². The summed E-state index contributed by atoms with van der Waals surface area (Å²) in [5.41, 5.74) is -0.414. The largest absolute Gasteiger partial charge is 0.468 e. The van der Waals surface area contributed by atoms with E-state index < -0.39 is 5.54 Å². The Morgan fingerprint density at radius 2 is 2.00 bits per heavy atom. The van der Waals surface area contributed by atoms with E-state index in [1.807, 2.05) is 0 Å². The predicted molar refractivity (Wildman–Crippen MR) is 71.5 cm³/mol. The summed E-state index contributed by atoms with van der Waals surface area (Å²) < 4.78 is 5.04. The summed E-state index contributed by atoms with van der Waals surface area (Å²) >= 11 is 0. The summed E-state index contributed by atoms with van der Waals surface area (Å²) in [6.07, 6.45) is 5.31. The van der Waals surface area contributed by atoms with Crippen LogP contribution >= 0.6 is 0 Å². The normalized spacial score (nSPS) is 31.9. The molecule has 0 saturated heterocycles. The Hall–Kier alpha value is -0.610. The Balaban J connectivity index is 2.05. The lowest BCUT2D eigenvalue weighted by Gasteiger charge is -2.30. The Kier molecular flexibility index (Phi) is 4.28. The molecule has 1 N–H and O–H groups in total. The van der Waals surface area contributed by atoms with Crippen molar-refractivity contribution in [3.63, 3.8) is 0 Å². The average molecular weight is 254 g/mol. The van der Waals surface area contributed by atoms with Gasteiger partial charge in [-0.05, 0) is 45.2 Å². The Morgan fingerprint density at radius 3 is 2.50 bits per heavy atom. The van der Waals surface area contributed by atoms with E-state index in [-0.39, 0.29) is 5.97 Å². The van der Waals surface area contributed by atoms with Gasteiger partial charge < -0.3 is 9.64 Å². The zero-order valence-electron chi connectivity index (χ0n) is 11.9. The molecule has 0 radical (unpaired) electrons. The van der Waals surface area contributed by atoms with Gasteiger partial charge in [-0.3, -0.25) is 10.1 Å². The lowest BCUT2D eigenvalue weighted by Crippen LogP contribution is -2.53. The molecule has 2 aliphatic rings. The molecule has 4 heteroatoms. The highest BCUT2D eigenvalue weighted by atomic mass is 16.5. The molecule has 2 aliphatic carbocycles. The summed E-state index contributed by atoms with van der Waals surface area (Å²) in [6.45, 7) is 6.50. The first-order chi connectivity index (χ1) is 8.65. The molecule has 0 spiro atoms. The number of esters is 1. The molecule has 0 aromatic rings. The molecule has 104 valence electrons. The van der Waals surface area contributed by atoms with Gasteiger partial charge in [-0.1, -0.05) is 13.8 Å². The molecule has 2 atom stereocenters. The molecule has 0 heterocycles. The SMILES string of the molecule is CCN(CC)C1CCC(NC2CC2)(C(=O)OC)C1. The van der Waals surface area contributed by atoms with Gasteiger partial charge in [0, 0.05) is 12.1 Å². The smallest absolute Gasteiger partial charge is 0.326 e.